The maximum absolute atomic E-state index is 12.4. The molecule has 0 aromatic heterocycles. The van der Waals surface area contributed by atoms with Gasteiger partial charge in [0, 0.05) is 0 Å². The molecule has 2 amide bonds. The number of imide groups is 1. The van der Waals surface area contributed by atoms with Gasteiger partial charge in [0.1, 0.15) is 0 Å². The van der Waals surface area contributed by atoms with Crippen molar-refractivity contribution in [3.05, 3.63) is 65.2 Å². The molecule has 1 aliphatic heterocycles. The molecule has 0 radical (unpaired) electrons. The van der Waals surface area contributed by atoms with Crippen molar-refractivity contribution in [2.45, 2.75) is 24.8 Å². The highest BCUT2D eigenvalue weighted by molar-refractivity contribution is 7.86. The van der Waals surface area contributed by atoms with Gasteiger partial charge in [-0.3, -0.25) is 18.7 Å². The maximum atomic E-state index is 12.4. The van der Waals surface area contributed by atoms with Crippen LogP contribution in [0.2, 0.25) is 0 Å². The largest absolute Gasteiger partial charge is 0.297 e. The zero-order chi connectivity index (χ0) is 18.2. The van der Waals surface area contributed by atoms with E-state index >= 15 is 0 Å². The lowest BCUT2D eigenvalue weighted by Gasteiger charge is -2.22. The molecule has 1 heterocycles. The summed E-state index contributed by atoms with van der Waals surface area (Å²) in [5.41, 5.74) is 1.57. The van der Waals surface area contributed by atoms with Crippen LogP contribution in [0.5, 0.6) is 0 Å². The number of hydrogen-bond acceptors (Lipinski definition) is 5. The predicted octanol–water partition coefficient (Wildman–Crippen LogP) is 2.39. The number of carbonyl (C=O) groups is 2. The van der Waals surface area contributed by atoms with Gasteiger partial charge in [-0.05, 0) is 38.1 Å². The van der Waals surface area contributed by atoms with Crippen molar-refractivity contribution in [1.29, 1.82) is 0 Å². The third kappa shape index (κ3) is 3.20. The number of hydrogen-bond donors (Lipinski definition) is 0. The Morgan fingerprint density at radius 2 is 1.48 bits per heavy atom. The molecular weight excluding hydrogens is 342 g/mol. The minimum atomic E-state index is -3.95. The van der Waals surface area contributed by atoms with Gasteiger partial charge in [-0.15, -0.1) is 0 Å². The van der Waals surface area contributed by atoms with E-state index in [0.717, 1.165) is 10.5 Å². The Morgan fingerprint density at radius 1 is 0.960 bits per heavy atom. The zero-order valence-electron chi connectivity index (χ0n) is 13.8. The average molecular weight is 359 g/mol. The highest BCUT2D eigenvalue weighted by Crippen LogP contribution is 2.25. The lowest BCUT2D eigenvalue weighted by atomic mass is 10.1. The normalized spacial score (nSPS) is 15.4. The number of carbonyl (C=O) groups excluding carboxylic acids is 2. The van der Waals surface area contributed by atoms with Crippen molar-refractivity contribution < 1.29 is 22.2 Å². The van der Waals surface area contributed by atoms with Crippen molar-refractivity contribution in [3.8, 4) is 0 Å². The summed E-state index contributed by atoms with van der Waals surface area (Å²) >= 11 is 0. The number of aryl methyl sites for hydroxylation is 1. The second kappa shape index (κ2) is 6.42. The van der Waals surface area contributed by atoms with Crippen LogP contribution in [0, 0.1) is 6.92 Å². The Kier molecular flexibility index (Phi) is 4.45. The van der Waals surface area contributed by atoms with E-state index in [1.165, 1.54) is 12.1 Å². The Morgan fingerprint density at radius 3 is 2.00 bits per heavy atom. The summed E-state index contributed by atoms with van der Waals surface area (Å²) in [6, 6.07) is 12.0. The molecule has 25 heavy (non-hydrogen) atoms. The van der Waals surface area contributed by atoms with Gasteiger partial charge in [0.25, 0.3) is 21.9 Å². The molecule has 1 atom stereocenters. The van der Waals surface area contributed by atoms with Crippen molar-refractivity contribution in [2.75, 3.05) is 6.61 Å². The van der Waals surface area contributed by atoms with Crippen LogP contribution in [0.3, 0.4) is 0 Å². The molecule has 1 aliphatic rings. The van der Waals surface area contributed by atoms with Crippen LogP contribution in [0.25, 0.3) is 0 Å². The number of fused-ring (bicyclic) bond motifs is 1. The lowest BCUT2D eigenvalue weighted by molar-refractivity contribution is 0.0552. The first kappa shape index (κ1) is 17.3. The minimum absolute atomic E-state index is 0.0349. The molecule has 2 aromatic rings. The van der Waals surface area contributed by atoms with Crippen molar-refractivity contribution in [2.24, 2.45) is 0 Å². The molecule has 0 aliphatic carbocycles. The third-order valence-electron chi connectivity index (χ3n) is 4.04. The molecule has 130 valence electrons. The molecule has 2 aromatic carbocycles. The van der Waals surface area contributed by atoms with Crippen molar-refractivity contribution in [3.63, 3.8) is 0 Å². The molecular formula is C18H17NO5S. The fourth-order valence-corrected chi connectivity index (χ4v) is 3.63. The standard InChI is InChI=1S/C18H17NO5S/c1-12-7-9-14(10-8-12)25(22,23)24-11-13(2)19-17(20)15-5-3-4-6-16(15)18(19)21/h3-10,13H,11H2,1-2H3. The quantitative estimate of drug-likeness (QED) is 0.605. The first-order valence-corrected chi connectivity index (χ1v) is 9.15. The van der Waals surface area contributed by atoms with E-state index in [4.69, 9.17) is 4.18 Å². The second-order valence-electron chi connectivity index (χ2n) is 5.93. The Labute approximate surface area is 146 Å². The molecule has 7 heteroatoms. The molecule has 0 saturated carbocycles. The van der Waals surface area contributed by atoms with Crippen LogP contribution in [0.1, 0.15) is 33.2 Å². The van der Waals surface area contributed by atoms with E-state index in [1.54, 1.807) is 43.3 Å². The summed E-state index contributed by atoms with van der Waals surface area (Å²) in [4.78, 5) is 25.8. The fraction of sp³-hybridized carbons (Fsp3) is 0.222. The first-order chi connectivity index (χ1) is 11.8. The van der Waals surface area contributed by atoms with Gasteiger partial charge in [0.15, 0.2) is 0 Å². The first-order valence-electron chi connectivity index (χ1n) is 7.74. The Balaban J connectivity index is 1.73. The van der Waals surface area contributed by atoms with E-state index in [9.17, 15) is 18.0 Å². The average Bonchev–Trinajstić information content (AvgIpc) is 2.85. The van der Waals surface area contributed by atoms with E-state index in [-0.39, 0.29) is 11.5 Å². The van der Waals surface area contributed by atoms with Crippen LogP contribution < -0.4 is 0 Å². The van der Waals surface area contributed by atoms with Crippen molar-refractivity contribution >= 4 is 21.9 Å². The topological polar surface area (TPSA) is 80.8 Å². The SMILES string of the molecule is Cc1ccc(S(=O)(=O)OCC(C)N2C(=O)c3ccccc3C2=O)cc1. The van der Waals surface area contributed by atoms with Gasteiger partial charge in [0.2, 0.25) is 0 Å². The van der Waals surface area contributed by atoms with Crippen LogP contribution in [-0.2, 0) is 14.3 Å². The van der Waals surface area contributed by atoms with E-state index < -0.39 is 28.0 Å². The summed E-state index contributed by atoms with van der Waals surface area (Å²) in [5.74, 6) is -0.881. The van der Waals surface area contributed by atoms with Crippen molar-refractivity contribution in [1.82, 2.24) is 4.90 Å². The Hall–Kier alpha value is -2.51. The van der Waals surface area contributed by atoms with Gasteiger partial charge in [0.05, 0.1) is 28.7 Å². The summed E-state index contributed by atoms with van der Waals surface area (Å²) in [6.45, 7) is 3.12. The summed E-state index contributed by atoms with van der Waals surface area (Å²) in [7, 11) is -3.95. The lowest BCUT2D eigenvalue weighted by Crippen LogP contribution is -2.41. The second-order valence-corrected chi connectivity index (χ2v) is 7.54. The fourth-order valence-electron chi connectivity index (χ4n) is 2.64. The molecule has 1 unspecified atom stereocenters. The number of amides is 2. The predicted molar refractivity (Wildman–Crippen MR) is 90.7 cm³/mol. The van der Waals surface area contributed by atoms with Crippen LogP contribution >= 0.6 is 0 Å². The van der Waals surface area contributed by atoms with Gasteiger partial charge in [-0.1, -0.05) is 29.8 Å². The number of benzene rings is 2. The zero-order valence-corrected chi connectivity index (χ0v) is 14.6. The maximum Gasteiger partial charge on any atom is 0.297 e. The summed E-state index contributed by atoms with van der Waals surface area (Å²) < 4.78 is 29.5. The molecule has 0 bridgehead atoms. The number of nitrogens with zero attached hydrogens (tertiary/aromatic N) is 1. The molecule has 3 rings (SSSR count). The number of rotatable bonds is 5. The smallest absolute Gasteiger partial charge is 0.269 e. The van der Waals surface area contributed by atoms with Gasteiger partial charge < -0.3 is 0 Å². The van der Waals surface area contributed by atoms with Gasteiger partial charge in [-0.25, -0.2) is 0 Å². The van der Waals surface area contributed by atoms with E-state index in [1.807, 2.05) is 6.92 Å². The van der Waals surface area contributed by atoms with E-state index in [2.05, 4.69) is 0 Å². The molecule has 0 saturated heterocycles. The Bertz CT molecular complexity index is 899. The highest BCUT2D eigenvalue weighted by Gasteiger charge is 2.38. The van der Waals surface area contributed by atoms with Crippen LogP contribution in [0.15, 0.2) is 53.4 Å². The highest BCUT2D eigenvalue weighted by atomic mass is 32.2. The van der Waals surface area contributed by atoms with Gasteiger partial charge in [-0.2, -0.15) is 8.42 Å². The van der Waals surface area contributed by atoms with E-state index in [0.29, 0.717) is 11.1 Å². The third-order valence-corrected chi connectivity index (χ3v) is 5.34. The van der Waals surface area contributed by atoms with Crippen LogP contribution in [-0.4, -0.2) is 37.8 Å². The molecule has 0 N–H and O–H groups in total. The molecule has 0 fully saturated rings. The molecule has 0 spiro atoms. The monoisotopic (exact) mass is 359 g/mol. The van der Waals surface area contributed by atoms with Gasteiger partial charge >= 0.3 is 0 Å². The summed E-state index contributed by atoms with van der Waals surface area (Å²) in [5, 5.41) is 0. The van der Waals surface area contributed by atoms with Crippen LogP contribution in [0.4, 0.5) is 0 Å². The minimum Gasteiger partial charge on any atom is -0.269 e. The summed E-state index contributed by atoms with van der Waals surface area (Å²) in [6.07, 6.45) is 0. The molecule has 6 nitrogen and oxygen atoms in total.